The van der Waals surface area contributed by atoms with Gasteiger partial charge in [-0.25, -0.2) is 4.39 Å². The minimum atomic E-state index is -0.406. The standard InChI is InChI=1S/C18H20FN3O2/c1-2-14(10-23)22-18(24)12-6-7-16(20)15(9-12)17(21)11-4-3-5-13(19)8-11/h3-9,14,21,23H,2,10,20H2,1H3,(H,22,24)/p+1/t14-/m0/s1. The van der Waals surface area contributed by atoms with Gasteiger partial charge in [0.2, 0.25) is 5.71 Å². The highest BCUT2D eigenvalue weighted by Crippen LogP contribution is 2.18. The van der Waals surface area contributed by atoms with Gasteiger partial charge in [-0.1, -0.05) is 13.0 Å². The zero-order valence-corrected chi connectivity index (χ0v) is 13.4. The lowest BCUT2D eigenvalue weighted by molar-refractivity contribution is -0.111. The van der Waals surface area contributed by atoms with Gasteiger partial charge in [0.25, 0.3) is 5.91 Å². The quantitative estimate of drug-likeness (QED) is 0.458. The Bertz CT molecular complexity index is 758. The minimum absolute atomic E-state index is 0.137. The molecule has 0 bridgehead atoms. The van der Waals surface area contributed by atoms with Crippen molar-refractivity contribution in [1.29, 1.82) is 0 Å². The molecule has 0 heterocycles. The van der Waals surface area contributed by atoms with Crippen LogP contribution in [0.1, 0.15) is 34.8 Å². The lowest BCUT2D eigenvalue weighted by Gasteiger charge is -2.14. The van der Waals surface area contributed by atoms with E-state index in [1.807, 2.05) is 6.92 Å². The molecule has 0 radical (unpaired) electrons. The van der Waals surface area contributed by atoms with E-state index in [4.69, 9.17) is 11.1 Å². The lowest BCUT2D eigenvalue weighted by Crippen LogP contribution is -2.42. The fourth-order valence-electron chi connectivity index (χ4n) is 2.29. The molecule has 0 saturated heterocycles. The monoisotopic (exact) mass is 330 g/mol. The number of hydrogen-bond donors (Lipinski definition) is 4. The summed E-state index contributed by atoms with van der Waals surface area (Å²) in [7, 11) is 0. The van der Waals surface area contributed by atoms with Gasteiger partial charge in [-0.15, -0.1) is 0 Å². The van der Waals surface area contributed by atoms with Gasteiger partial charge in [-0.2, -0.15) is 0 Å². The highest BCUT2D eigenvalue weighted by molar-refractivity contribution is 6.13. The van der Waals surface area contributed by atoms with Crippen molar-refractivity contribution in [2.24, 2.45) is 0 Å². The summed E-state index contributed by atoms with van der Waals surface area (Å²) in [6, 6.07) is 10.3. The van der Waals surface area contributed by atoms with Crippen LogP contribution in [-0.2, 0) is 0 Å². The van der Waals surface area contributed by atoms with E-state index in [9.17, 15) is 14.3 Å². The van der Waals surface area contributed by atoms with E-state index in [0.717, 1.165) is 0 Å². The zero-order chi connectivity index (χ0) is 17.7. The van der Waals surface area contributed by atoms with Crippen molar-refractivity contribution < 1.29 is 19.7 Å². The molecule has 24 heavy (non-hydrogen) atoms. The predicted octanol–water partition coefficient (Wildman–Crippen LogP) is 0.505. The van der Waals surface area contributed by atoms with Crippen molar-refractivity contribution in [3.63, 3.8) is 0 Å². The molecule has 0 aliphatic carbocycles. The summed E-state index contributed by atoms with van der Waals surface area (Å²) < 4.78 is 13.4. The Morgan fingerprint density at radius 1 is 1.29 bits per heavy atom. The maximum atomic E-state index is 13.4. The molecule has 2 aromatic carbocycles. The first kappa shape index (κ1) is 17.6. The normalized spacial score (nSPS) is 11.8. The van der Waals surface area contributed by atoms with Gasteiger partial charge in [0, 0.05) is 16.8 Å². The first-order chi connectivity index (χ1) is 11.5. The molecule has 6 N–H and O–H groups in total. The molecule has 0 aromatic heterocycles. The third-order valence-electron chi connectivity index (χ3n) is 3.79. The number of carbonyl (C=O) groups excluding carboxylic acids is 1. The van der Waals surface area contributed by atoms with Gasteiger partial charge in [0.05, 0.1) is 18.2 Å². The maximum Gasteiger partial charge on any atom is 0.251 e. The molecule has 0 spiro atoms. The van der Waals surface area contributed by atoms with Crippen LogP contribution in [-0.4, -0.2) is 29.4 Å². The lowest BCUT2D eigenvalue weighted by atomic mass is 9.98. The van der Waals surface area contributed by atoms with Crippen LogP contribution in [0, 0.1) is 5.82 Å². The van der Waals surface area contributed by atoms with E-state index in [-0.39, 0.29) is 24.3 Å². The number of carbonyl (C=O) groups is 1. The van der Waals surface area contributed by atoms with Crippen molar-refractivity contribution in [2.75, 3.05) is 12.3 Å². The van der Waals surface area contributed by atoms with Gasteiger partial charge in [0.15, 0.2) is 0 Å². The van der Waals surface area contributed by atoms with Gasteiger partial charge in [-0.05, 0) is 42.8 Å². The molecule has 0 aliphatic heterocycles. The number of halogens is 1. The van der Waals surface area contributed by atoms with Crippen LogP contribution >= 0.6 is 0 Å². The molecule has 0 saturated carbocycles. The molecular weight excluding hydrogens is 309 g/mol. The van der Waals surface area contributed by atoms with E-state index in [2.05, 4.69) is 5.32 Å². The highest BCUT2D eigenvalue weighted by atomic mass is 19.1. The van der Waals surface area contributed by atoms with Crippen molar-refractivity contribution in [2.45, 2.75) is 19.4 Å². The summed E-state index contributed by atoms with van der Waals surface area (Å²) in [4.78, 5) is 12.3. The molecule has 1 atom stereocenters. The summed E-state index contributed by atoms with van der Waals surface area (Å²) in [5.41, 5.74) is 7.95. The summed E-state index contributed by atoms with van der Waals surface area (Å²) in [5, 5.41) is 18.0. The van der Waals surface area contributed by atoms with E-state index in [0.29, 0.717) is 28.8 Å². The van der Waals surface area contributed by atoms with Crippen LogP contribution in [0.5, 0.6) is 0 Å². The number of aliphatic hydroxyl groups excluding tert-OH is 1. The Morgan fingerprint density at radius 2 is 2.04 bits per heavy atom. The van der Waals surface area contributed by atoms with Gasteiger partial charge < -0.3 is 16.2 Å². The average Bonchev–Trinajstić information content (AvgIpc) is 2.59. The molecule has 126 valence electrons. The predicted molar refractivity (Wildman–Crippen MR) is 91.0 cm³/mol. The molecule has 2 aromatic rings. The fourth-order valence-corrected chi connectivity index (χ4v) is 2.29. The van der Waals surface area contributed by atoms with Gasteiger partial charge in [0.1, 0.15) is 5.82 Å². The number of benzene rings is 2. The fraction of sp³-hybridized carbons (Fsp3) is 0.222. The second-order valence-electron chi connectivity index (χ2n) is 5.49. The van der Waals surface area contributed by atoms with Crippen LogP contribution in [0.15, 0.2) is 42.5 Å². The van der Waals surface area contributed by atoms with Crippen molar-refractivity contribution in [3.8, 4) is 0 Å². The second-order valence-corrected chi connectivity index (χ2v) is 5.49. The summed E-state index contributed by atoms with van der Waals surface area (Å²) >= 11 is 0. The maximum absolute atomic E-state index is 13.4. The third kappa shape index (κ3) is 3.97. The van der Waals surface area contributed by atoms with Gasteiger partial charge in [-0.3, -0.25) is 10.2 Å². The SMILES string of the molecule is CC[C@@H](CO)NC(=O)c1ccc(N)c(C(=[NH2+])c2cccc(F)c2)c1. The number of nitrogen functional groups attached to an aromatic ring is 1. The molecule has 6 heteroatoms. The molecule has 0 unspecified atom stereocenters. The summed E-state index contributed by atoms with van der Waals surface area (Å²) in [5.74, 6) is -0.735. The van der Waals surface area contributed by atoms with Crippen molar-refractivity contribution >= 4 is 17.3 Å². The number of aliphatic hydroxyl groups is 1. The van der Waals surface area contributed by atoms with E-state index >= 15 is 0 Å². The topological polar surface area (TPSA) is 101 Å². The molecule has 1 amide bonds. The Morgan fingerprint density at radius 3 is 2.67 bits per heavy atom. The Balaban J connectivity index is 2.31. The molecule has 0 aliphatic rings. The van der Waals surface area contributed by atoms with Crippen LogP contribution in [0.3, 0.4) is 0 Å². The van der Waals surface area contributed by atoms with Crippen molar-refractivity contribution in [3.05, 3.63) is 65.0 Å². The number of hydrogen-bond acceptors (Lipinski definition) is 3. The number of nitrogens with one attached hydrogen (secondary N) is 1. The summed E-state index contributed by atoms with van der Waals surface area (Å²) in [6.45, 7) is 1.73. The minimum Gasteiger partial charge on any atom is -0.398 e. The van der Waals surface area contributed by atoms with Crippen LogP contribution in [0.4, 0.5) is 10.1 Å². The van der Waals surface area contributed by atoms with E-state index < -0.39 is 5.82 Å². The van der Waals surface area contributed by atoms with E-state index in [1.165, 1.54) is 12.1 Å². The smallest absolute Gasteiger partial charge is 0.251 e. The average molecular weight is 330 g/mol. The zero-order valence-electron chi connectivity index (χ0n) is 13.4. The Hall–Kier alpha value is -2.73. The number of nitrogens with two attached hydrogens (primary N) is 2. The number of anilines is 1. The first-order valence-electron chi connectivity index (χ1n) is 7.66. The molecule has 0 fully saturated rings. The Kier molecular flexibility index (Phi) is 5.65. The van der Waals surface area contributed by atoms with E-state index in [1.54, 1.807) is 30.3 Å². The second kappa shape index (κ2) is 7.70. The van der Waals surface area contributed by atoms with Crippen LogP contribution in [0.25, 0.3) is 0 Å². The number of amides is 1. The molecule has 5 nitrogen and oxygen atoms in total. The van der Waals surface area contributed by atoms with Crippen molar-refractivity contribution in [1.82, 2.24) is 5.32 Å². The van der Waals surface area contributed by atoms with Crippen LogP contribution < -0.4 is 16.5 Å². The summed E-state index contributed by atoms with van der Waals surface area (Å²) in [6.07, 6.45) is 0.613. The highest BCUT2D eigenvalue weighted by Gasteiger charge is 2.18. The van der Waals surface area contributed by atoms with Gasteiger partial charge >= 0.3 is 0 Å². The molecule has 2 rings (SSSR count). The molecular formula is C18H21FN3O2+. The first-order valence-corrected chi connectivity index (χ1v) is 7.66. The Labute approximate surface area is 139 Å². The largest absolute Gasteiger partial charge is 0.398 e. The third-order valence-corrected chi connectivity index (χ3v) is 3.79. The van der Waals surface area contributed by atoms with Crippen LogP contribution in [0.2, 0.25) is 0 Å². The number of rotatable bonds is 6.